The van der Waals surface area contributed by atoms with Gasteiger partial charge >= 0.3 is 0 Å². The summed E-state index contributed by atoms with van der Waals surface area (Å²) in [4.78, 5) is 0. The summed E-state index contributed by atoms with van der Waals surface area (Å²) in [5.74, 6) is 0.840. The number of ether oxygens (including phenoxy) is 1. The Kier molecular flexibility index (Phi) is 5.30. The van der Waals surface area contributed by atoms with Gasteiger partial charge in [-0.25, -0.2) is 0 Å². The average Bonchev–Trinajstić information content (AvgIpc) is 2.64. The van der Waals surface area contributed by atoms with E-state index in [2.05, 4.69) is 12.4 Å². The Bertz CT molecular complexity index is 203. The molecule has 2 aliphatic rings. The fourth-order valence-corrected chi connectivity index (χ4v) is 3.54. The minimum Gasteiger partial charge on any atom is -0.373 e. The molecule has 2 aliphatic carbocycles. The number of hydrogen-bond donors (Lipinski definition) is 1. The molecule has 2 rings (SSSR count). The molecule has 2 fully saturated rings. The molecule has 100 valence electrons. The van der Waals surface area contributed by atoms with Crippen LogP contribution in [0.4, 0.5) is 0 Å². The molecule has 0 aromatic carbocycles. The summed E-state index contributed by atoms with van der Waals surface area (Å²) in [6, 6.07) is 0. The van der Waals surface area contributed by atoms with E-state index in [9.17, 15) is 0 Å². The zero-order chi connectivity index (χ0) is 12.0. The lowest BCUT2D eigenvalue weighted by atomic mass is 9.99. The Morgan fingerprint density at radius 2 is 1.65 bits per heavy atom. The molecule has 0 spiro atoms. The van der Waals surface area contributed by atoms with Crippen molar-refractivity contribution in [1.29, 1.82) is 0 Å². The van der Waals surface area contributed by atoms with Crippen molar-refractivity contribution >= 4 is 0 Å². The predicted molar refractivity (Wildman–Crippen MR) is 72.3 cm³/mol. The maximum absolute atomic E-state index is 6.36. The molecule has 0 bridgehead atoms. The van der Waals surface area contributed by atoms with Crippen LogP contribution in [0.25, 0.3) is 0 Å². The molecule has 0 aliphatic heterocycles. The van der Waals surface area contributed by atoms with Gasteiger partial charge in [0.05, 0.1) is 12.2 Å². The third kappa shape index (κ3) is 3.96. The van der Waals surface area contributed by atoms with Gasteiger partial charge in [0.15, 0.2) is 0 Å². The second-order valence-electron chi connectivity index (χ2n) is 6.09. The SMILES string of the molecule is CNCC1(OCC2CCCCCC2)CCCC1. The first kappa shape index (κ1) is 13.4. The zero-order valence-corrected chi connectivity index (χ0v) is 11.5. The van der Waals surface area contributed by atoms with Crippen LogP contribution in [0.3, 0.4) is 0 Å². The van der Waals surface area contributed by atoms with Crippen LogP contribution in [0.1, 0.15) is 64.2 Å². The average molecular weight is 239 g/mol. The highest BCUT2D eigenvalue weighted by molar-refractivity contribution is 4.88. The van der Waals surface area contributed by atoms with E-state index in [0.717, 1.165) is 19.1 Å². The molecule has 17 heavy (non-hydrogen) atoms. The van der Waals surface area contributed by atoms with Crippen LogP contribution in [-0.2, 0) is 4.74 Å². The highest BCUT2D eigenvalue weighted by atomic mass is 16.5. The summed E-state index contributed by atoms with van der Waals surface area (Å²) in [6.07, 6.45) is 13.8. The monoisotopic (exact) mass is 239 g/mol. The van der Waals surface area contributed by atoms with E-state index in [1.54, 1.807) is 0 Å². The van der Waals surface area contributed by atoms with Crippen molar-refractivity contribution in [3.63, 3.8) is 0 Å². The van der Waals surface area contributed by atoms with Crippen molar-refractivity contribution in [3.8, 4) is 0 Å². The van der Waals surface area contributed by atoms with E-state index in [4.69, 9.17) is 4.74 Å². The molecule has 0 amide bonds. The maximum Gasteiger partial charge on any atom is 0.0806 e. The van der Waals surface area contributed by atoms with Crippen LogP contribution in [0.5, 0.6) is 0 Å². The van der Waals surface area contributed by atoms with Gasteiger partial charge < -0.3 is 10.1 Å². The van der Waals surface area contributed by atoms with Crippen LogP contribution < -0.4 is 5.32 Å². The third-order valence-electron chi connectivity index (χ3n) is 4.61. The second-order valence-corrected chi connectivity index (χ2v) is 6.09. The first-order valence-corrected chi connectivity index (χ1v) is 7.63. The summed E-state index contributed by atoms with van der Waals surface area (Å²) in [7, 11) is 2.05. The van der Waals surface area contributed by atoms with E-state index in [0.29, 0.717) is 0 Å². The van der Waals surface area contributed by atoms with E-state index in [-0.39, 0.29) is 5.60 Å². The van der Waals surface area contributed by atoms with E-state index < -0.39 is 0 Å². The standard InChI is InChI=1S/C15H29NO/c1-16-13-15(10-6-7-11-15)17-12-14-8-4-2-3-5-9-14/h14,16H,2-13H2,1H3. The lowest BCUT2D eigenvalue weighted by molar-refractivity contribution is -0.0558. The summed E-state index contributed by atoms with van der Waals surface area (Å²) < 4.78 is 6.36. The molecular formula is C15H29NO. The first-order valence-electron chi connectivity index (χ1n) is 7.63. The molecule has 2 nitrogen and oxygen atoms in total. The van der Waals surface area contributed by atoms with Crippen LogP contribution >= 0.6 is 0 Å². The van der Waals surface area contributed by atoms with E-state index in [1.165, 1.54) is 64.2 Å². The number of nitrogens with one attached hydrogen (secondary N) is 1. The Balaban J connectivity index is 1.77. The summed E-state index contributed by atoms with van der Waals surface area (Å²) >= 11 is 0. The Morgan fingerprint density at radius 1 is 1.00 bits per heavy atom. The first-order chi connectivity index (χ1) is 8.35. The molecule has 0 heterocycles. The highest BCUT2D eigenvalue weighted by Gasteiger charge is 2.34. The van der Waals surface area contributed by atoms with Gasteiger partial charge in [0.25, 0.3) is 0 Å². The fourth-order valence-electron chi connectivity index (χ4n) is 3.54. The maximum atomic E-state index is 6.36. The quantitative estimate of drug-likeness (QED) is 0.741. The van der Waals surface area contributed by atoms with Gasteiger partial charge in [-0.3, -0.25) is 0 Å². The fraction of sp³-hybridized carbons (Fsp3) is 1.00. The van der Waals surface area contributed by atoms with Crippen molar-refractivity contribution in [2.24, 2.45) is 5.92 Å². The van der Waals surface area contributed by atoms with Gasteiger partial charge in [-0.1, -0.05) is 38.5 Å². The molecule has 1 N–H and O–H groups in total. The van der Waals surface area contributed by atoms with Gasteiger partial charge in [0.2, 0.25) is 0 Å². The van der Waals surface area contributed by atoms with Crippen molar-refractivity contribution in [1.82, 2.24) is 5.32 Å². The minimum atomic E-state index is 0.182. The van der Waals surface area contributed by atoms with Gasteiger partial charge in [0.1, 0.15) is 0 Å². The number of likely N-dealkylation sites (N-methyl/N-ethyl adjacent to an activating group) is 1. The summed E-state index contributed by atoms with van der Waals surface area (Å²) in [5, 5.41) is 3.33. The Hall–Kier alpha value is -0.0800. The molecule has 0 radical (unpaired) electrons. The van der Waals surface area contributed by atoms with E-state index in [1.807, 2.05) is 0 Å². The predicted octanol–water partition coefficient (Wildman–Crippen LogP) is 3.51. The molecule has 0 atom stereocenters. The van der Waals surface area contributed by atoms with Crippen molar-refractivity contribution in [2.45, 2.75) is 69.8 Å². The number of hydrogen-bond acceptors (Lipinski definition) is 2. The van der Waals surface area contributed by atoms with Gasteiger partial charge in [-0.2, -0.15) is 0 Å². The molecular weight excluding hydrogens is 210 g/mol. The molecule has 0 aromatic rings. The molecule has 2 heteroatoms. The van der Waals surface area contributed by atoms with Crippen LogP contribution in [0.2, 0.25) is 0 Å². The largest absolute Gasteiger partial charge is 0.373 e. The lowest BCUT2D eigenvalue weighted by Crippen LogP contribution is -2.40. The highest BCUT2D eigenvalue weighted by Crippen LogP contribution is 2.34. The van der Waals surface area contributed by atoms with Crippen LogP contribution in [0, 0.1) is 5.92 Å². The van der Waals surface area contributed by atoms with Crippen molar-refractivity contribution in [2.75, 3.05) is 20.2 Å². The number of rotatable bonds is 5. The van der Waals surface area contributed by atoms with Gasteiger partial charge in [-0.15, -0.1) is 0 Å². The summed E-state index contributed by atoms with van der Waals surface area (Å²) in [5.41, 5.74) is 0.182. The Labute approximate surface area is 107 Å². The minimum absolute atomic E-state index is 0.182. The van der Waals surface area contributed by atoms with E-state index >= 15 is 0 Å². The third-order valence-corrected chi connectivity index (χ3v) is 4.61. The molecule has 2 saturated carbocycles. The Morgan fingerprint density at radius 3 is 2.24 bits per heavy atom. The van der Waals surface area contributed by atoms with Crippen LogP contribution in [0.15, 0.2) is 0 Å². The molecule has 0 unspecified atom stereocenters. The lowest BCUT2D eigenvalue weighted by Gasteiger charge is -2.31. The van der Waals surface area contributed by atoms with Crippen LogP contribution in [-0.4, -0.2) is 25.8 Å². The summed E-state index contributed by atoms with van der Waals surface area (Å²) in [6.45, 7) is 2.06. The second kappa shape index (κ2) is 6.75. The van der Waals surface area contributed by atoms with Gasteiger partial charge in [0, 0.05) is 6.54 Å². The zero-order valence-electron chi connectivity index (χ0n) is 11.5. The molecule has 0 saturated heterocycles. The van der Waals surface area contributed by atoms with Crippen molar-refractivity contribution in [3.05, 3.63) is 0 Å². The topological polar surface area (TPSA) is 21.3 Å². The smallest absolute Gasteiger partial charge is 0.0806 e. The molecule has 0 aromatic heterocycles. The van der Waals surface area contributed by atoms with Gasteiger partial charge in [-0.05, 0) is 38.6 Å². The van der Waals surface area contributed by atoms with Crippen molar-refractivity contribution < 1.29 is 4.74 Å². The normalized spacial score (nSPS) is 25.9.